The smallest absolute Gasteiger partial charge is 0.315 e. The van der Waals surface area contributed by atoms with Crippen molar-refractivity contribution in [3.8, 4) is 6.07 Å². The molecule has 4 nitrogen and oxygen atoms in total. The van der Waals surface area contributed by atoms with Gasteiger partial charge in [-0.1, -0.05) is 42.5 Å². The van der Waals surface area contributed by atoms with E-state index in [9.17, 15) is 4.79 Å². The van der Waals surface area contributed by atoms with Gasteiger partial charge < -0.3 is 10.6 Å². The lowest BCUT2D eigenvalue weighted by Crippen LogP contribution is -2.38. The van der Waals surface area contributed by atoms with Gasteiger partial charge in [-0.3, -0.25) is 0 Å². The fourth-order valence-corrected chi connectivity index (χ4v) is 2.19. The highest BCUT2D eigenvalue weighted by molar-refractivity contribution is 5.74. The van der Waals surface area contributed by atoms with Gasteiger partial charge in [-0.2, -0.15) is 5.26 Å². The number of nitriles is 1. The summed E-state index contributed by atoms with van der Waals surface area (Å²) in [6, 6.07) is 18.7. The van der Waals surface area contributed by atoms with E-state index in [-0.39, 0.29) is 18.1 Å². The summed E-state index contributed by atoms with van der Waals surface area (Å²) in [7, 11) is 0. The van der Waals surface area contributed by atoms with E-state index in [1.807, 2.05) is 56.3 Å². The van der Waals surface area contributed by atoms with Crippen molar-refractivity contribution in [3.05, 3.63) is 71.3 Å². The topological polar surface area (TPSA) is 64.9 Å². The molecule has 2 rings (SSSR count). The lowest BCUT2D eigenvalue weighted by molar-refractivity contribution is 0.235. The molecule has 0 aliphatic carbocycles. The highest BCUT2D eigenvalue weighted by Gasteiger charge is 2.12. The molecule has 0 aromatic heterocycles. The second-order valence-corrected chi connectivity index (χ2v) is 5.21. The molecule has 0 aliphatic heterocycles. The van der Waals surface area contributed by atoms with E-state index in [2.05, 4.69) is 16.7 Å². The molecule has 0 radical (unpaired) electrons. The number of carbonyl (C=O) groups excluding carboxylic acids is 1. The Morgan fingerprint density at radius 1 is 0.909 bits per heavy atom. The van der Waals surface area contributed by atoms with Crippen LogP contribution in [-0.2, 0) is 0 Å². The van der Waals surface area contributed by atoms with Gasteiger partial charge in [0.2, 0.25) is 0 Å². The standard InChI is InChI=1S/C18H19N3O/c1-13(16-6-4-3-5-7-16)20-18(22)21-14(2)17-10-8-15(12-19)9-11-17/h3-11,13-14H,1-2H3,(H2,20,21,22)/t13-,14+/m0/s1. The van der Waals surface area contributed by atoms with Crippen LogP contribution in [0.2, 0.25) is 0 Å². The predicted molar refractivity (Wildman–Crippen MR) is 86.1 cm³/mol. The van der Waals surface area contributed by atoms with Gasteiger partial charge >= 0.3 is 6.03 Å². The zero-order valence-electron chi connectivity index (χ0n) is 12.7. The molecule has 0 saturated carbocycles. The maximum Gasteiger partial charge on any atom is 0.315 e. The van der Waals surface area contributed by atoms with Crippen molar-refractivity contribution < 1.29 is 4.79 Å². The van der Waals surface area contributed by atoms with Gasteiger partial charge in [-0.05, 0) is 37.1 Å². The zero-order chi connectivity index (χ0) is 15.9. The monoisotopic (exact) mass is 293 g/mol. The minimum Gasteiger partial charge on any atom is -0.332 e. The van der Waals surface area contributed by atoms with Gasteiger partial charge in [0.05, 0.1) is 23.7 Å². The molecule has 0 fully saturated rings. The van der Waals surface area contributed by atoms with Crippen LogP contribution < -0.4 is 10.6 Å². The number of hydrogen-bond acceptors (Lipinski definition) is 2. The molecule has 0 bridgehead atoms. The van der Waals surface area contributed by atoms with Crippen molar-refractivity contribution in [1.82, 2.24) is 10.6 Å². The largest absolute Gasteiger partial charge is 0.332 e. The second kappa shape index (κ2) is 7.28. The summed E-state index contributed by atoms with van der Waals surface area (Å²) in [4.78, 5) is 12.1. The number of nitrogens with zero attached hydrogens (tertiary/aromatic N) is 1. The van der Waals surface area contributed by atoms with Crippen LogP contribution in [-0.4, -0.2) is 6.03 Å². The minimum atomic E-state index is -0.215. The average molecular weight is 293 g/mol. The summed E-state index contributed by atoms with van der Waals surface area (Å²) >= 11 is 0. The Balaban J connectivity index is 1.92. The molecule has 112 valence electrons. The molecule has 2 aromatic carbocycles. The number of nitrogens with one attached hydrogen (secondary N) is 2. The summed E-state index contributed by atoms with van der Waals surface area (Å²) in [6.45, 7) is 3.86. The van der Waals surface area contributed by atoms with E-state index in [0.29, 0.717) is 5.56 Å². The Labute approximate surface area is 130 Å². The maximum absolute atomic E-state index is 12.1. The number of carbonyl (C=O) groups is 1. The lowest BCUT2D eigenvalue weighted by atomic mass is 10.1. The predicted octanol–water partition coefficient (Wildman–Crippen LogP) is 3.68. The average Bonchev–Trinajstić information content (AvgIpc) is 2.55. The molecule has 0 spiro atoms. The third kappa shape index (κ3) is 4.10. The first kappa shape index (κ1) is 15.6. The Hall–Kier alpha value is -2.80. The molecule has 0 saturated heterocycles. The van der Waals surface area contributed by atoms with Gasteiger partial charge in [0.1, 0.15) is 0 Å². The normalized spacial score (nSPS) is 12.8. The fourth-order valence-electron chi connectivity index (χ4n) is 2.19. The van der Waals surface area contributed by atoms with Crippen LogP contribution in [0.1, 0.15) is 42.6 Å². The van der Waals surface area contributed by atoms with Crippen LogP contribution >= 0.6 is 0 Å². The summed E-state index contributed by atoms with van der Waals surface area (Å²) in [5.41, 5.74) is 2.63. The van der Waals surface area contributed by atoms with E-state index in [0.717, 1.165) is 11.1 Å². The zero-order valence-corrected chi connectivity index (χ0v) is 12.7. The van der Waals surface area contributed by atoms with E-state index < -0.39 is 0 Å². The second-order valence-electron chi connectivity index (χ2n) is 5.21. The van der Waals surface area contributed by atoms with Crippen molar-refractivity contribution in [3.63, 3.8) is 0 Å². The number of hydrogen-bond donors (Lipinski definition) is 2. The van der Waals surface area contributed by atoms with Crippen molar-refractivity contribution in [2.24, 2.45) is 0 Å². The first-order chi connectivity index (χ1) is 10.6. The van der Waals surface area contributed by atoms with Crippen LogP contribution in [0.3, 0.4) is 0 Å². The third-order valence-corrected chi connectivity index (χ3v) is 3.53. The number of rotatable bonds is 4. The third-order valence-electron chi connectivity index (χ3n) is 3.53. The molecule has 2 amide bonds. The molecule has 0 aliphatic rings. The highest BCUT2D eigenvalue weighted by Crippen LogP contribution is 2.14. The SMILES string of the molecule is C[C@H](NC(=O)N[C@H](C)c1ccc(C#N)cc1)c1ccccc1. The highest BCUT2D eigenvalue weighted by atomic mass is 16.2. The van der Waals surface area contributed by atoms with Crippen LogP contribution in [0, 0.1) is 11.3 Å². The Kier molecular flexibility index (Phi) is 5.16. The maximum atomic E-state index is 12.1. The summed E-state index contributed by atoms with van der Waals surface area (Å²) < 4.78 is 0. The van der Waals surface area contributed by atoms with Crippen molar-refractivity contribution >= 4 is 6.03 Å². The van der Waals surface area contributed by atoms with Crippen LogP contribution in [0.5, 0.6) is 0 Å². The van der Waals surface area contributed by atoms with Gasteiger partial charge in [-0.15, -0.1) is 0 Å². The van der Waals surface area contributed by atoms with Crippen LogP contribution in [0.4, 0.5) is 4.79 Å². The van der Waals surface area contributed by atoms with Gasteiger partial charge in [0.15, 0.2) is 0 Å². The van der Waals surface area contributed by atoms with Gasteiger partial charge in [0, 0.05) is 0 Å². The molecular formula is C18H19N3O. The molecular weight excluding hydrogens is 274 g/mol. The summed E-state index contributed by atoms with van der Waals surface area (Å²) in [6.07, 6.45) is 0. The van der Waals surface area contributed by atoms with E-state index in [4.69, 9.17) is 5.26 Å². The van der Waals surface area contributed by atoms with Crippen molar-refractivity contribution in [1.29, 1.82) is 5.26 Å². The molecule has 2 N–H and O–H groups in total. The van der Waals surface area contributed by atoms with E-state index >= 15 is 0 Å². The Morgan fingerprint density at radius 3 is 1.91 bits per heavy atom. The molecule has 22 heavy (non-hydrogen) atoms. The quantitative estimate of drug-likeness (QED) is 0.903. The Bertz CT molecular complexity index is 659. The van der Waals surface area contributed by atoms with E-state index in [1.165, 1.54) is 0 Å². The lowest BCUT2D eigenvalue weighted by Gasteiger charge is -2.18. The van der Waals surface area contributed by atoms with Crippen molar-refractivity contribution in [2.45, 2.75) is 25.9 Å². The number of urea groups is 1. The summed E-state index contributed by atoms with van der Waals surface area (Å²) in [5, 5.41) is 14.6. The van der Waals surface area contributed by atoms with Crippen LogP contribution in [0.25, 0.3) is 0 Å². The minimum absolute atomic E-state index is 0.0608. The number of benzene rings is 2. The fraction of sp³-hybridized carbons (Fsp3) is 0.222. The number of amides is 2. The van der Waals surface area contributed by atoms with Gasteiger partial charge in [0.25, 0.3) is 0 Å². The van der Waals surface area contributed by atoms with Gasteiger partial charge in [-0.25, -0.2) is 4.79 Å². The first-order valence-corrected chi connectivity index (χ1v) is 7.22. The molecule has 2 atom stereocenters. The summed E-state index contributed by atoms with van der Waals surface area (Å²) in [5.74, 6) is 0. The van der Waals surface area contributed by atoms with E-state index in [1.54, 1.807) is 12.1 Å². The van der Waals surface area contributed by atoms with Crippen LogP contribution in [0.15, 0.2) is 54.6 Å². The molecule has 0 unspecified atom stereocenters. The molecule has 2 aromatic rings. The first-order valence-electron chi connectivity index (χ1n) is 7.22. The molecule has 0 heterocycles. The van der Waals surface area contributed by atoms with Crippen molar-refractivity contribution in [2.75, 3.05) is 0 Å². The Morgan fingerprint density at radius 2 is 1.41 bits per heavy atom. The molecule has 4 heteroatoms.